The van der Waals surface area contributed by atoms with Crippen molar-refractivity contribution in [1.29, 1.82) is 0 Å². The summed E-state index contributed by atoms with van der Waals surface area (Å²) in [5.74, 6) is 0.515. The fraction of sp³-hybridized carbons (Fsp3) is 0.714. The fourth-order valence-corrected chi connectivity index (χ4v) is 2.40. The van der Waals surface area contributed by atoms with Crippen LogP contribution < -0.4 is 10.2 Å². The number of anilines is 1. The Morgan fingerprint density at radius 1 is 1.24 bits per heavy atom. The van der Waals surface area contributed by atoms with E-state index in [4.69, 9.17) is 0 Å². The van der Waals surface area contributed by atoms with Crippen molar-refractivity contribution in [3.05, 3.63) is 17.8 Å². The smallest absolute Gasteiger partial charge is 0.351 e. The molecule has 0 amide bonds. The maximum Gasteiger partial charge on any atom is 0.435 e. The topological polar surface area (TPSA) is 41.0 Å². The standard InChI is InChI=1S/C14H21F3N4/c1-13(2,3)18-9-10-5-4-8-21(10)12-7-6-11(19-20-12)14(15,16)17/h6-7,10,18H,4-5,8-9H2,1-3H3. The molecular weight excluding hydrogens is 281 g/mol. The molecular formula is C14H21F3N4. The molecule has 0 radical (unpaired) electrons. The summed E-state index contributed by atoms with van der Waals surface area (Å²) in [6.07, 6.45) is -2.42. The van der Waals surface area contributed by atoms with Crippen molar-refractivity contribution in [2.45, 2.75) is 51.4 Å². The second-order valence-corrected chi connectivity index (χ2v) is 6.39. The van der Waals surface area contributed by atoms with Gasteiger partial charge >= 0.3 is 6.18 Å². The lowest BCUT2D eigenvalue weighted by atomic mass is 10.1. The number of alkyl halides is 3. The molecule has 2 rings (SSSR count). The highest BCUT2D eigenvalue weighted by atomic mass is 19.4. The minimum absolute atomic E-state index is 0.0140. The van der Waals surface area contributed by atoms with Gasteiger partial charge in [-0.15, -0.1) is 10.2 Å². The monoisotopic (exact) mass is 302 g/mol. The first-order chi connectivity index (χ1) is 9.67. The molecule has 1 aliphatic rings. The molecule has 1 saturated heterocycles. The Morgan fingerprint density at radius 3 is 2.48 bits per heavy atom. The molecule has 0 aromatic carbocycles. The molecule has 118 valence electrons. The van der Waals surface area contributed by atoms with Crippen LogP contribution in [-0.2, 0) is 6.18 Å². The van der Waals surface area contributed by atoms with Crippen LogP contribution in [0.2, 0.25) is 0 Å². The van der Waals surface area contributed by atoms with Gasteiger partial charge in [-0.25, -0.2) is 0 Å². The Hall–Kier alpha value is -1.37. The zero-order chi connectivity index (χ0) is 15.7. The lowest BCUT2D eigenvalue weighted by molar-refractivity contribution is -0.141. The number of nitrogens with one attached hydrogen (secondary N) is 1. The van der Waals surface area contributed by atoms with Crippen LogP contribution in [0.15, 0.2) is 12.1 Å². The van der Waals surface area contributed by atoms with Crippen molar-refractivity contribution < 1.29 is 13.2 Å². The van der Waals surface area contributed by atoms with E-state index in [1.807, 2.05) is 4.90 Å². The molecule has 1 N–H and O–H groups in total. The zero-order valence-corrected chi connectivity index (χ0v) is 12.5. The van der Waals surface area contributed by atoms with E-state index in [9.17, 15) is 13.2 Å². The zero-order valence-electron chi connectivity index (χ0n) is 12.5. The molecule has 0 spiro atoms. The molecule has 7 heteroatoms. The molecule has 0 saturated carbocycles. The fourth-order valence-electron chi connectivity index (χ4n) is 2.40. The van der Waals surface area contributed by atoms with E-state index in [2.05, 4.69) is 36.3 Å². The third-order valence-electron chi connectivity index (χ3n) is 3.48. The summed E-state index contributed by atoms with van der Waals surface area (Å²) < 4.78 is 37.5. The lowest BCUT2D eigenvalue weighted by Crippen LogP contribution is -2.45. The maximum atomic E-state index is 12.5. The first-order valence-electron chi connectivity index (χ1n) is 7.09. The van der Waals surface area contributed by atoms with Crippen LogP contribution in [0.5, 0.6) is 0 Å². The second-order valence-electron chi connectivity index (χ2n) is 6.39. The van der Waals surface area contributed by atoms with E-state index in [-0.39, 0.29) is 11.6 Å². The Labute approximate surface area is 122 Å². The summed E-state index contributed by atoms with van der Waals surface area (Å²) in [6, 6.07) is 2.65. The highest BCUT2D eigenvalue weighted by Gasteiger charge is 2.34. The summed E-state index contributed by atoms with van der Waals surface area (Å²) >= 11 is 0. The number of hydrogen-bond acceptors (Lipinski definition) is 4. The molecule has 1 fully saturated rings. The van der Waals surface area contributed by atoms with E-state index < -0.39 is 11.9 Å². The normalized spacial score (nSPS) is 20.1. The molecule has 1 aromatic rings. The van der Waals surface area contributed by atoms with Crippen LogP contribution in [0, 0.1) is 0 Å². The third kappa shape index (κ3) is 4.30. The van der Waals surface area contributed by atoms with E-state index in [1.54, 1.807) is 0 Å². The van der Waals surface area contributed by atoms with Crippen LogP contribution in [0.3, 0.4) is 0 Å². The van der Waals surface area contributed by atoms with Gasteiger partial charge in [-0.1, -0.05) is 0 Å². The quantitative estimate of drug-likeness (QED) is 0.932. The summed E-state index contributed by atoms with van der Waals surface area (Å²) in [6.45, 7) is 7.85. The predicted octanol–water partition coefficient (Wildman–Crippen LogP) is 2.85. The summed E-state index contributed by atoms with van der Waals surface area (Å²) in [7, 11) is 0. The molecule has 21 heavy (non-hydrogen) atoms. The van der Waals surface area contributed by atoms with Crippen LogP contribution in [0.25, 0.3) is 0 Å². The van der Waals surface area contributed by atoms with E-state index in [0.29, 0.717) is 5.82 Å². The predicted molar refractivity (Wildman–Crippen MR) is 75.2 cm³/mol. The van der Waals surface area contributed by atoms with Crippen molar-refractivity contribution in [3.8, 4) is 0 Å². The molecule has 1 aliphatic heterocycles. The number of halogens is 3. The SMILES string of the molecule is CC(C)(C)NCC1CCCN1c1ccc(C(F)(F)F)nn1. The number of nitrogens with zero attached hydrogens (tertiary/aromatic N) is 3. The van der Waals surface area contributed by atoms with Crippen LogP contribution >= 0.6 is 0 Å². The minimum Gasteiger partial charge on any atom is -0.351 e. The van der Waals surface area contributed by atoms with Crippen molar-refractivity contribution in [2.24, 2.45) is 0 Å². The molecule has 4 nitrogen and oxygen atoms in total. The van der Waals surface area contributed by atoms with Gasteiger partial charge in [-0.05, 0) is 45.7 Å². The van der Waals surface area contributed by atoms with Gasteiger partial charge in [-0.3, -0.25) is 0 Å². The minimum atomic E-state index is -4.44. The van der Waals surface area contributed by atoms with Gasteiger partial charge in [0.1, 0.15) is 0 Å². The number of aromatic nitrogens is 2. The van der Waals surface area contributed by atoms with Gasteiger partial charge in [0.2, 0.25) is 0 Å². The van der Waals surface area contributed by atoms with Gasteiger partial charge in [0.05, 0.1) is 0 Å². The maximum absolute atomic E-state index is 12.5. The summed E-state index contributed by atoms with van der Waals surface area (Å²) in [4.78, 5) is 2.03. The largest absolute Gasteiger partial charge is 0.435 e. The first kappa shape index (κ1) is 16.0. The van der Waals surface area contributed by atoms with Gasteiger partial charge in [0.25, 0.3) is 0 Å². The highest BCUT2D eigenvalue weighted by molar-refractivity contribution is 5.40. The van der Waals surface area contributed by atoms with Crippen molar-refractivity contribution in [1.82, 2.24) is 15.5 Å². The summed E-state index contributed by atoms with van der Waals surface area (Å²) in [5, 5.41) is 10.5. The Bertz CT molecular complexity index is 465. The lowest BCUT2D eigenvalue weighted by Gasteiger charge is -2.29. The molecule has 0 aliphatic carbocycles. The van der Waals surface area contributed by atoms with E-state index >= 15 is 0 Å². The van der Waals surface area contributed by atoms with E-state index in [1.165, 1.54) is 6.07 Å². The second kappa shape index (κ2) is 5.79. The van der Waals surface area contributed by atoms with Crippen LogP contribution in [0.1, 0.15) is 39.3 Å². The summed E-state index contributed by atoms with van der Waals surface area (Å²) in [5.41, 5.74) is -0.935. The number of hydrogen-bond donors (Lipinski definition) is 1. The van der Waals surface area contributed by atoms with Gasteiger partial charge in [0, 0.05) is 24.7 Å². The van der Waals surface area contributed by atoms with Crippen molar-refractivity contribution in [3.63, 3.8) is 0 Å². The molecule has 0 bridgehead atoms. The third-order valence-corrected chi connectivity index (χ3v) is 3.48. The highest BCUT2D eigenvalue weighted by Crippen LogP contribution is 2.29. The average molecular weight is 302 g/mol. The number of rotatable bonds is 3. The Balaban J connectivity index is 2.06. The molecule has 1 aromatic heterocycles. The van der Waals surface area contributed by atoms with Crippen LogP contribution in [-0.4, -0.2) is 34.9 Å². The van der Waals surface area contributed by atoms with Crippen LogP contribution in [0.4, 0.5) is 19.0 Å². The average Bonchev–Trinajstić information content (AvgIpc) is 2.83. The van der Waals surface area contributed by atoms with E-state index in [0.717, 1.165) is 32.0 Å². The van der Waals surface area contributed by atoms with Crippen molar-refractivity contribution in [2.75, 3.05) is 18.0 Å². The molecule has 1 atom stereocenters. The van der Waals surface area contributed by atoms with Crippen molar-refractivity contribution >= 4 is 5.82 Å². The Morgan fingerprint density at radius 2 is 1.95 bits per heavy atom. The first-order valence-corrected chi connectivity index (χ1v) is 7.09. The molecule has 1 unspecified atom stereocenters. The van der Waals surface area contributed by atoms with Gasteiger partial charge in [0.15, 0.2) is 11.5 Å². The molecule has 2 heterocycles. The van der Waals surface area contributed by atoms with Gasteiger partial charge < -0.3 is 10.2 Å². The Kier molecular flexibility index (Phi) is 4.41. The van der Waals surface area contributed by atoms with Gasteiger partial charge in [-0.2, -0.15) is 13.2 Å².